The van der Waals surface area contributed by atoms with Crippen LogP contribution in [0.25, 0.3) is 99.2 Å². The molecule has 10 aromatic rings. The van der Waals surface area contributed by atoms with Crippen molar-refractivity contribution in [2.75, 3.05) is 0 Å². The molecule has 0 bridgehead atoms. The third kappa shape index (κ3) is 3.93. The average Bonchev–Trinajstić information content (AvgIpc) is 3.84. The molecule has 2 heterocycles. The number of hydrogen-bond acceptors (Lipinski definition) is 2. The van der Waals surface area contributed by atoms with Crippen molar-refractivity contribution in [3.63, 3.8) is 0 Å². The first-order valence-corrected chi connectivity index (χ1v) is 17.7. The zero-order valence-electron chi connectivity index (χ0n) is 28.3. The second-order valence-corrected chi connectivity index (χ2v) is 14.4. The highest BCUT2D eigenvalue weighted by molar-refractivity contribution is 6.23. The number of benzene rings is 8. The number of hydrogen-bond donors (Lipinski definition) is 0. The molecule has 1 aliphatic rings. The van der Waals surface area contributed by atoms with Gasteiger partial charge in [0.25, 0.3) is 0 Å². The minimum Gasteiger partial charge on any atom is -0.456 e. The summed E-state index contributed by atoms with van der Waals surface area (Å²) in [5.41, 5.74) is 13.8. The first-order valence-electron chi connectivity index (χ1n) is 17.7. The van der Waals surface area contributed by atoms with E-state index in [0.717, 1.165) is 33.5 Å². The predicted molar refractivity (Wildman–Crippen MR) is 212 cm³/mol. The van der Waals surface area contributed by atoms with Crippen molar-refractivity contribution < 1.29 is 8.83 Å². The van der Waals surface area contributed by atoms with Gasteiger partial charge in [0.05, 0.1) is 0 Å². The van der Waals surface area contributed by atoms with Gasteiger partial charge in [0.15, 0.2) is 0 Å². The van der Waals surface area contributed by atoms with Crippen molar-refractivity contribution in [3.8, 4) is 44.7 Å². The molecule has 51 heavy (non-hydrogen) atoms. The highest BCUT2D eigenvalue weighted by atomic mass is 16.3. The summed E-state index contributed by atoms with van der Waals surface area (Å²) in [6.07, 6.45) is 0. The van der Waals surface area contributed by atoms with Crippen molar-refractivity contribution in [1.82, 2.24) is 0 Å². The van der Waals surface area contributed by atoms with Crippen LogP contribution < -0.4 is 0 Å². The van der Waals surface area contributed by atoms with Crippen LogP contribution in [0.1, 0.15) is 25.0 Å². The van der Waals surface area contributed by atoms with Crippen LogP contribution in [-0.4, -0.2) is 0 Å². The van der Waals surface area contributed by atoms with Gasteiger partial charge in [0, 0.05) is 27.1 Å². The summed E-state index contributed by atoms with van der Waals surface area (Å²) < 4.78 is 13.2. The van der Waals surface area contributed by atoms with Crippen LogP contribution in [0.5, 0.6) is 0 Å². The summed E-state index contributed by atoms with van der Waals surface area (Å²) in [5, 5.41) is 8.27. The fourth-order valence-corrected chi connectivity index (χ4v) is 8.97. The van der Waals surface area contributed by atoms with Crippen LogP contribution in [0.3, 0.4) is 0 Å². The third-order valence-corrected chi connectivity index (χ3v) is 11.3. The maximum absolute atomic E-state index is 6.62. The quantitative estimate of drug-likeness (QED) is 0.178. The lowest BCUT2D eigenvalue weighted by atomic mass is 9.81. The Morgan fingerprint density at radius 3 is 1.76 bits per heavy atom. The van der Waals surface area contributed by atoms with E-state index in [-0.39, 0.29) is 5.41 Å². The third-order valence-electron chi connectivity index (χ3n) is 11.3. The van der Waals surface area contributed by atoms with E-state index in [4.69, 9.17) is 8.83 Å². The van der Waals surface area contributed by atoms with Crippen molar-refractivity contribution in [2.24, 2.45) is 0 Å². The fraction of sp³-hybridized carbons (Fsp3) is 0.0612. The van der Waals surface area contributed by atoms with Gasteiger partial charge in [-0.25, -0.2) is 0 Å². The number of rotatable bonds is 3. The minimum atomic E-state index is -0.169. The van der Waals surface area contributed by atoms with Gasteiger partial charge < -0.3 is 8.83 Å². The molecule has 0 atom stereocenters. The normalized spacial score (nSPS) is 13.5. The molecular weight excluding hydrogens is 621 g/mol. The molecule has 8 aromatic carbocycles. The van der Waals surface area contributed by atoms with E-state index < -0.39 is 0 Å². The molecule has 11 rings (SSSR count). The van der Waals surface area contributed by atoms with Gasteiger partial charge in [-0.2, -0.15) is 0 Å². The van der Waals surface area contributed by atoms with Crippen molar-refractivity contribution >= 4 is 54.5 Å². The molecule has 1 aliphatic carbocycles. The largest absolute Gasteiger partial charge is 0.456 e. The van der Waals surface area contributed by atoms with Crippen LogP contribution in [0.4, 0.5) is 0 Å². The summed E-state index contributed by atoms with van der Waals surface area (Å²) in [4.78, 5) is 0. The Morgan fingerprint density at radius 2 is 1.02 bits per heavy atom. The van der Waals surface area contributed by atoms with Crippen LogP contribution >= 0.6 is 0 Å². The zero-order valence-corrected chi connectivity index (χ0v) is 28.3. The number of furan rings is 2. The molecule has 2 aromatic heterocycles. The van der Waals surface area contributed by atoms with Gasteiger partial charge >= 0.3 is 0 Å². The van der Waals surface area contributed by atoms with Gasteiger partial charge in [-0.05, 0) is 96.4 Å². The maximum atomic E-state index is 6.62. The summed E-state index contributed by atoms with van der Waals surface area (Å²) in [5.74, 6) is 0.892. The first-order chi connectivity index (χ1) is 25.1. The van der Waals surface area contributed by atoms with Crippen LogP contribution in [0.15, 0.2) is 167 Å². The summed E-state index contributed by atoms with van der Waals surface area (Å²) in [7, 11) is 0. The predicted octanol–water partition coefficient (Wildman–Crippen LogP) is 13.9. The van der Waals surface area contributed by atoms with E-state index in [1.54, 1.807) is 0 Å². The molecule has 0 saturated heterocycles. The highest BCUT2D eigenvalue weighted by Gasteiger charge is 2.38. The van der Waals surface area contributed by atoms with Gasteiger partial charge in [-0.15, -0.1) is 0 Å². The molecule has 0 radical (unpaired) electrons. The standard InChI is InChI=1S/C49H32O2/c1-49(2)38-24-23-31(27-37(38)46-39(49)25-26-42-48(46)47-32(20-12-22-41(47)51-42)29-13-4-3-5-14-29)44-33-16-7-9-18-35(33)45(36-19-10-8-17-34(36)44)43-28-30-15-6-11-21-40(30)50-43/h3-28H,1-2H3. The van der Waals surface area contributed by atoms with E-state index in [1.807, 2.05) is 12.1 Å². The number of para-hydroxylation sites is 1. The Labute approximate surface area is 295 Å². The lowest BCUT2D eigenvalue weighted by molar-refractivity contribution is 0.633. The Hall–Kier alpha value is -6.38. The molecule has 0 fully saturated rings. The van der Waals surface area contributed by atoms with Gasteiger partial charge in [0.1, 0.15) is 22.5 Å². The molecule has 2 heteroatoms. The Bertz CT molecular complexity index is 2950. The Balaban J connectivity index is 1.22. The topological polar surface area (TPSA) is 26.3 Å². The monoisotopic (exact) mass is 652 g/mol. The van der Waals surface area contributed by atoms with Crippen LogP contribution in [0, 0.1) is 0 Å². The van der Waals surface area contributed by atoms with E-state index in [0.29, 0.717) is 0 Å². The van der Waals surface area contributed by atoms with Crippen molar-refractivity contribution in [3.05, 3.63) is 169 Å². The Kier molecular flexibility index (Phi) is 5.76. The molecule has 0 unspecified atom stereocenters. The van der Waals surface area contributed by atoms with E-state index in [9.17, 15) is 0 Å². The maximum Gasteiger partial charge on any atom is 0.136 e. The summed E-state index contributed by atoms with van der Waals surface area (Å²) in [6, 6.07) is 56.8. The molecule has 2 nitrogen and oxygen atoms in total. The van der Waals surface area contributed by atoms with E-state index >= 15 is 0 Å². The fourth-order valence-electron chi connectivity index (χ4n) is 8.97. The summed E-state index contributed by atoms with van der Waals surface area (Å²) >= 11 is 0. The van der Waals surface area contributed by atoms with Crippen molar-refractivity contribution in [1.29, 1.82) is 0 Å². The second-order valence-electron chi connectivity index (χ2n) is 14.4. The lowest BCUT2D eigenvalue weighted by Gasteiger charge is -2.22. The van der Waals surface area contributed by atoms with E-state index in [1.165, 1.54) is 76.8 Å². The molecule has 0 aliphatic heterocycles. The van der Waals surface area contributed by atoms with Crippen molar-refractivity contribution in [2.45, 2.75) is 19.3 Å². The lowest BCUT2D eigenvalue weighted by Crippen LogP contribution is -2.14. The average molecular weight is 653 g/mol. The van der Waals surface area contributed by atoms with Gasteiger partial charge in [0.2, 0.25) is 0 Å². The second kappa shape index (κ2) is 10.3. The van der Waals surface area contributed by atoms with E-state index in [2.05, 4.69) is 159 Å². The zero-order chi connectivity index (χ0) is 33.8. The van der Waals surface area contributed by atoms with Gasteiger partial charge in [-0.3, -0.25) is 0 Å². The van der Waals surface area contributed by atoms with Crippen LogP contribution in [0.2, 0.25) is 0 Å². The smallest absolute Gasteiger partial charge is 0.136 e. The van der Waals surface area contributed by atoms with Crippen LogP contribution in [-0.2, 0) is 5.41 Å². The molecule has 0 spiro atoms. The Morgan fingerprint density at radius 1 is 0.392 bits per heavy atom. The molecule has 0 N–H and O–H groups in total. The minimum absolute atomic E-state index is 0.169. The molecular formula is C49H32O2. The molecule has 0 saturated carbocycles. The first kappa shape index (κ1) is 28.5. The SMILES string of the molecule is CC1(C)c2ccc(-c3c4ccccc4c(-c4cc5ccccc5o4)c4ccccc34)cc2-c2c1ccc1oc3cccc(-c4ccccc4)c3c21. The highest BCUT2D eigenvalue weighted by Crippen LogP contribution is 2.55. The van der Waals surface area contributed by atoms with Gasteiger partial charge in [-0.1, -0.05) is 141 Å². The number of fused-ring (bicyclic) bond motifs is 10. The summed E-state index contributed by atoms with van der Waals surface area (Å²) in [6.45, 7) is 4.72. The molecule has 240 valence electrons. The molecule has 0 amide bonds.